The number of esters is 1. The monoisotopic (exact) mass is 418 g/mol. The Kier molecular flexibility index (Phi) is 6.51. The molecule has 0 amide bonds. The molecule has 1 aromatic carbocycles. The fourth-order valence-electron chi connectivity index (χ4n) is 3.08. The topological polar surface area (TPSA) is 35.5 Å². The summed E-state index contributed by atoms with van der Waals surface area (Å²) < 4.78 is 13.5. The van der Waals surface area contributed by atoms with E-state index in [4.69, 9.17) is 9.47 Å². The Morgan fingerprint density at radius 3 is 2.00 bits per heavy atom. The molecule has 1 aromatic heterocycles. The number of thiophene rings is 1. The predicted octanol–water partition coefficient (Wildman–Crippen LogP) is 5.80. The minimum Gasteiger partial charge on any atom is -0.496 e. The summed E-state index contributed by atoms with van der Waals surface area (Å²) in [6.07, 6.45) is 0.715. The van der Waals surface area contributed by atoms with Gasteiger partial charge in [-0.3, -0.25) is 4.79 Å². The van der Waals surface area contributed by atoms with Gasteiger partial charge in [0.2, 0.25) is 0 Å². The Bertz CT molecular complexity index is 825. The molecule has 0 aliphatic rings. The van der Waals surface area contributed by atoms with Crippen molar-refractivity contribution in [3.8, 4) is 11.5 Å². The molecule has 3 nitrogen and oxygen atoms in total. The molecular formula is C23H34O3SSi. The molecule has 0 bridgehead atoms. The van der Waals surface area contributed by atoms with Gasteiger partial charge >= 0.3 is 5.97 Å². The highest BCUT2D eigenvalue weighted by Crippen LogP contribution is 2.41. The lowest BCUT2D eigenvalue weighted by atomic mass is 9.81. The van der Waals surface area contributed by atoms with Crippen molar-refractivity contribution in [1.82, 2.24) is 0 Å². The number of carbonyl (C=O) groups is 1. The van der Waals surface area contributed by atoms with Crippen molar-refractivity contribution < 1.29 is 14.3 Å². The lowest BCUT2D eigenvalue weighted by Crippen LogP contribution is -2.46. The second-order valence-corrected chi connectivity index (χ2v) is 16.0. The fourth-order valence-corrected chi connectivity index (χ4v) is 6.41. The van der Waals surface area contributed by atoms with E-state index < -0.39 is 8.07 Å². The zero-order valence-electron chi connectivity index (χ0n) is 18.7. The third kappa shape index (κ3) is 5.48. The molecule has 0 fully saturated rings. The smallest absolute Gasteiger partial charge is 0.308 e. The number of rotatable bonds is 5. The van der Waals surface area contributed by atoms with Crippen molar-refractivity contribution in [2.75, 3.05) is 6.23 Å². The lowest BCUT2D eigenvalue weighted by molar-refractivity contribution is -0.131. The first-order valence-electron chi connectivity index (χ1n) is 9.76. The van der Waals surface area contributed by atoms with Crippen LogP contribution in [0.3, 0.4) is 0 Å². The lowest BCUT2D eigenvalue weighted by Gasteiger charge is -2.30. The maximum Gasteiger partial charge on any atom is 0.308 e. The molecule has 0 aliphatic heterocycles. The molecule has 0 saturated heterocycles. The van der Waals surface area contributed by atoms with Gasteiger partial charge in [-0.2, -0.15) is 11.3 Å². The van der Waals surface area contributed by atoms with E-state index in [9.17, 15) is 4.79 Å². The van der Waals surface area contributed by atoms with Gasteiger partial charge in [-0.25, -0.2) is 0 Å². The van der Waals surface area contributed by atoms with Crippen molar-refractivity contribution >= 4 is 29.9 Å². The first-order chi connectivity index (χ1) is 12.7. The van der Waals surface area contributed by atoms with E-state index in [2.05, 4.69) is 78.2 Å². The third-order valence-corrected chi connectivity index (χ3v) is 9.79. The molecule has 1 heterocycles. The van der Waals surface area contributed by atoms with Gasteiger partial charge in [-0.15, -0.1) is 0 Å². The van der Waals surface area contributed by atoms with Gasteiger partial charge in [0.05, 0.1) is 6.23 Å². The van der Waals surface area contributed by atoms with Crippen molar-refractivity contribution in [3.05, 3.63) is 40.8 Å². The zero-order valence-corrected chi connectivity index (χ0v) is 20.5. The molecule has 2 aromatic rings. The molecule has 0 unspecified atom stereocenters. The average molecular weight is 419 g/mol. The predicted molar refractivity (Wildman–Crippen MR) is 122 cm³/mol. The van der Waals surface area contributed by atoms with Crippen LogP contribution in [-0.2, 0) is 15.6 Å². The van der Waals surface area contributed by atoms with Gasteiger partial charge in [0.25, 0.3) is 0 Å². The first kappa shape index (κ1) is 22.7. The summed E-state index contributed by atoms with van der Waals surface area (Å²) in [4.78, 5) is 11.7. The Labute approximate surface area is 175 Å². The van der Waals surface area contributed by atoms with Crippen LogP contribution in [-0.4, -0.2) is 20.3 Å². The number of carbonyl (C=O) groups excluding carboxylic acids is 1. The van der Waals surface area contributed by atoms with Gasteiger partial charge < -0.3 is 9.47 Å². The number of ether oxygens (including phenoxy) is 2. The fraction of sp³-hybridized carbons (Fsp3) is 0.522. The second kappa shape index (κ2) is 8.03. The molecule has 154 valence electrons. The first-order valence-corrected chi connectivity index (χ1v) is 13.8. The van der Waals surface area contributed by atoms with E-state index in [-0.39, 0.29) is 16.8 Å². The van der Waals surface area contributed by atoms with Crippen LogP contribution >= 0.6 is 11.3 Å². The van der Waals surface area contributed by atoms with Crippen LogP contribution in [0.25, 0.3) is 0 Å². The van der Waals surface area contributed by atoms with Crippen LogP contribution < -0.4 is 14.0 Å². The molecule has 0 saturated carbocycles. The highest BCUT2D eigenvalue weighted by atomic mass is 32.1. The zero-order chi connectivity index (χ0) is 21.3. The normalized spacial score (nSPS) is 12.8. The van der Waals surface area contributed by atoms with E-state index in [1.165, 1.54) is 11.4 Å². The molecule has 2 rings (SSSR count). The van der Waals surface area contributed by atoms with Gasteiger partial charge in [-0.1, -0.05) is 66.8 Å². The number of hydrogen-bond acceptors (Lipinski definition) is 4. The van der Waals surface area contributed by atoms with Crippen LogP contribution in [0.15, 0.2) is 29.6 Å². The highest BCUT2D eigenvalue weighted by Gasteiger charge is 2.30. The van der Waals surface area contributed by atoms with Gasteiger partial charge in [0, 0.05) is 18.1 Å². The average Bonchev–Trinajstić information content (AvgIpc) is 3.06. The van der Waals surface area contributed by atoms with Crippen molar-refractivity contribution in [2.45, 2.75) is 72.4 Å². The maximum absolute atomic E-state index is 11.7. The van der Waals surface area contributed by atoms with Gasteiger partial charge in [-0.05, 0) is 32.8 Å². The standard InChI is InChI=1S/C23H34O3SSi/c1-16(24)26-20-14-17(22(2,3)4)19(13-18(20)23(5,6)7)25-15-28(8,9)21-11-10-12-27-21/h10-14H,15H2,1-9H3. The summed E-state index contributed by atoms with van der Waals surface area (Å²) >= 11 is 1.82. The van der Waals surface area contributed by atoms with E-state index >= 15 is 0 Å². The summed E-state index contributed by atoms with van der Waals surface area (Å²) in [6, 6.07) is 8.41. The van der Waals surface area contributed by atoms with Crippen molar-refractivity contribution in [1.29, 1.82) is 0 Å². The molecule has 0 N–H and O–H groups in total. The molecule has 28 heavy (non-hydrogen) atoms. The van der Waals surface area contributed by atoms with Crippen molar-refractivity contribution in [3.63, 3.8) is 0 Å². The molecule has 0 spiro atoms. The maximum atomic E-state index is 11.7. The van der Waals surface area contributed by atoms with Gasteiger partial charge in [0.1, 0.15) is 19.6 Å². The molecule has 0 atom stereocenters. The number of benzene rings is 1. The van der Waals surface area contributed by atoms with E-state index in [1.807, 2.05) is 17.4 Å². The molecule has 5 heteroatoms. The van der Waals surface area contributed by atoms with Crippen LogP contribution in [0, 0.1) is 0 Å². The van der Waals surface area contributed by atoms with E-state index in [1.54, 1.807) is 0 Å². The van der Waals surface area contributed by atoms with Gasteiger partial charge in [0.15, 0.2) is 0 Å². The summed E-state index contributed by atoms with van der Waals surface area (Å²) in [5.74, 6) is 1.22. The highest BCUT2D eigenvalue weighted by molar-refractivity contribution is 7.25. The summed E-state index contributed by atoms with van der Waals surface area (Å²) in [7, 11) is -1.68. The second-order valence-electron chi connectivity index (χ2n) is 10.1. The summed E-state index contributed by atoms with van der Waals surface area (Å²) in [5.41, 5.74) is 1.75. The summed E-state index contributed by atoms with van der Waals surface area (Å²) in [5, 5.41) is 2.14. The Balaban J connectivity index is 2.50. The minimum absolute atomic E-state index is 0.130. The SMILES string of the molecule is CC(=O)Oc1cc(C(C)(C)C)c(OC[Si](C)(C)c2cccs2)cc1C(C)(C)C. The largest absolute Gasteiger partial charge is 0.496 e. The summed E-state index contributed by atoms with van der Waals surface area (Å²) in [6.45, 7) is 19.0. The van der Waals surface area contributed by atoms with Crippen LogP contribution in [0.5, 0.6) is 11.5 Å². The third-order valence-electron chi connectivity index (χ3n) is 4.73. The molecular weight excluding hydrogens is 384 g/mol. The number of hydrogen-bond donors (Lipinski definition) is 0. The molecule has 0 radical (unpaired) electrons. The quantitative estimate of drug-likeness (QED) is 0.349. The minimum atomic E-state index is -1.68. The van der Waals surface area contributed by atoms with E-state index in [0.29, 0.717) is 12.0 Å². The molecule has 0 aliphatic carbocycles. The Hall–Kier alpha value is -1.59. The van der Waals surface area contributed by atoms with Crippen LogP contribution in [0.1, 0.15) is 59.6 Å². The van der Waals surface area contributed by atoms with Crippen LogP contribution in [0.2, 0.25) is 13.1 Å². The Morgan fingerprint density at radius 2 is 1.54 bits per heavy atom. The Morgan fingerprint density at radius 1 is 1.00 bits per heavy atom. The van der Waals surface area contributed by atoms with E-state index in [0.717, 1.165) is 16.9 Å². The van der Waals surface area contributed by atoms with Crippen LogP contribution in [0.4, 0.5) is 0 Å². The van der Waals surface area contributed by atoms with Crippen molar-refractivity contribution in [2.24, 2.45) is 0 Å².